The summed E-state index contributed by atoms with van der Waals surface area (Å²) < 4.78 is 15.6. The fraction of sp³-hybridized carbons (Fsp3) is 0.474. The second-order valence-electron chi connectivity index (χ2n) is 5.42. The van der Waals surface area contributed by atoms with Crippen LogP contribution in [0.4, 0.5) is 0 Å². The van der Waals surface area contributed by atoms with E-state index in [1.807, 2.05) is 18.2 Å². The van der Waals surface area contributed by atoms with Crippen LogP contribution in [0, 0.1) is 0 Å². The molecule has 1 amide bonds. The van der Waals surface area contributed by atoms with Crippen molar-refractivity contribution in [3.8, 4) is 11.5 Å². The summed E-state index contributed by atoms with van der Waals surface area (Å²) >= 11 is 0. The first-order valence-corrected chi connectivity index (χ1v) is 8.44. The fourth-order valence-corrected chi connectivity index (χ4v) is 2.06. The van der Waals surface area contributed by atoms with Gasteiger partial charge in [-0.1, -0.05) is 25.8 Å². The van der Waals surface area contributed by atoms with E-state index < -0.39 is 0 Å². The Hall–Kier alpha value is -2.50. The summed E-state index contributed by atoms with van der Waals surface area (Å²) in [7, 11) is 2.90. The van der Waals surface area contributed by atoms with Gasteiger partial charge in [-0.25, -0.2) is 0 Å². The summed E-state index contributed by atoms with van der Waals surface area (Å²) in [5.74, 6) is 0.689. The normalized spacial score (nSPS) is 10.5. The van der Waals surface area contributed by atoms with Crippen LogP contribution in [0.2, 0.25) is 0 Å². The van der Waals surface area contributed by atoms with Gasteiger partial charge in [0.15, 0.2) is 11.5 Å². The summed E-state index contributed by atoms with van der Waals surface area (Å²) in [5.41, 5.74) is 0.820. The summed E-state index contributed by atoms with van der Waals surface area (Å²) in [6.45, 7) is 3.04. The Morgan fingerprint density at radius 2 is 1.96 bits per heavy atom. The Balaban J connectivity index is 2.54. The average Bonchev–Trinajstić information content (AvgIpc) is 2.63. The largest absolute Gasteiger partial charge is 0.493 e. The summed E-state index contributed by atoms with van der Waals surface area (Å²) in [4.78, 5) is 22.7. The molecule has 6 heteroatoms. The number of carbonyl (C=O) groups excluding carboxylic acids is 2. The fourth-order valence-electron chi connectivity index (χ4n) is 2.06. The van der Waals surface area contributed by atoms with Crippen molar-refractivity contribution in [2.45, 2.75) is 32.6 Å². The van der Waals surface area contributed by atoms with Crippen molar-refractivity contribution in [1.29, 1.82) is 0 Å². The van der Waals surface area contributed by atoms with E-state index in [0.717, 1.165) is 24.8 Å². The van der Waals surface area contributed by atoms with Gasteiger partial charge >= 0.3 is 5.97 Å². The Morgan fingerprint density at radius 3 is 2.64 bits per heavy atom. The number of carbonyl (C=O) groups is 2. The predicted molar refractivity (Wildman–Crippen MR) is 96.7 cm³/mol. The van der Waals surface area contributed by atoms with Gasteiger partial charge in [0.2, 0.25) is 5.91 Å². The second-order valence-corrected chi connectivity index (χ2v) is 5.42. The lowest BCUT2D eigenvalue weighted by atomic mass is 10.2. The third-order valence-electron chi connectivity index (χ3n) is 3.48. The van der Waals surface area contributed by atoms with Crippen molar-refractivity contribution >= 4 is 18.0 Å². The minimum absolute atomic E-state index is 0.147. The smallest absolute Gasteiger partial charge is 0.307 e. The van der Waals surface area contributed by atoms with Gasteiger partial charge < -0.3 is 19.5 Å². The van der Waals surface area contributed by atoms with Crippen LogP contribution in [0.25, 0.3) is 6.08 Å². The van der Waals surface area contributed by atoms with E-state index in [1.165, 1.54) is 13.2 Å². The zero-order valence-corrected chi connectivity index (χ0v) is 15.2. The molecule has 138 valence electrons. The van der Waals surface area contributed by atoms with Crippen LogP contribution in [0.15, 0.2) is 24.3 Å². The molecule has 0 aromatic heterocycles. The Labute approximate surface area is 149 Å². The molecular weight excluding hydrogens is 322 g/mol. The number of nitrogens with one attached hydrogen (secondary N) is 1. The van der Waals surface area contributed by atoms with Crippen LogP contribution in [-0.2, 0) is 14.3 Å². The number of esters is 1. The molecule has 0 aliphatic heterocycles. The number of hydrogen-bond acceptors (Lipinski definition) is 5. The van der Waals surface area contributed by atoms with Crippen molar-refractivity contribution in [3.63, 3.8) is 0 Å². The zero-order valence-electron chi connectivity index (χ0n) is 15.2. The van der Waals surface area contributed by atoms with Crippen molar-refractivity contribution in [3.05, 3.63) is 29.8 Å². The monoisotopic (exact) mass is 349 g/mol. The first kappa shape index (κ1) is 20.5. The number of rotatable bonds is 11. The quantitative estimate of drug-likeness (QED) is 0.378. The summed E-state index contributed by atoms with van der Waals surface area (Å²) in [5, 5.41) is 2.62. The maximum atomic E-state index is 11.7. The molecule has 0 atom stereocenters. The first-order valence-electron chi connectivity index (χ1n) is 8.44. The van der Waals surface area contributed by atoms with Crippen LogP contribution in [-0.4, -0.2) is 39.2 Å². The van der Waals surface area contributed by atoms with E-state index in [4.69, 9.17) is 9.47 Å². The van der Waals surface area contributed by atoms with Crippen LogP contribution >= 0.6 is 0 Å². The SMILES string of the molecule is CCCCCOc1ccc(/C=C/C(=O)NCCC(=O)OC)cc1OC. The Kier molecular flexibility index (Phi) is 9.82. The Morgan fingerprint density at radius 1 is 1.16 bits per heavy atom. The van der Waals surface area contributed by atoms with E-state index in [-0.39, 0.29) is 24.8 Å². The molecule has 1 aromatic carbocycles. The molecule has 1 N–H and O–H groups in total. The lowest BCUT2D eigenvalue weighted by Gasteiger charge is -2.11. The van der Waals surface area contributed by atoms with Crippen LogP contribution in [0.3, 0.4) is 0 Å². The predicted octanol–water partition coefficient (Wildman–Crippen LogP) is 2.96. The Bertz CT molecular complexity index is 583. The van der Waals surface area contributed by atoms with E-state index in [1.54, 1.807) is 13.2 Å². The minimum atomic E-state index is -0.358. The second kappa shape index (κ2) is 11.9. The first-order chi connectivity index (χ1) is 12.1. The number of hydrogen-bond donors (Lipinski definition) is 1. The molecular formula is C19H27NO5. The minimum Gasteiger partial charge on any atom is -0.493 e. The number of methoxy groups -OCH3 is 2. The number of ether oxygens (including phenoxy) is 3. The highest BCUT2D eigenvalue weighted by molar-refractivity contribution is 5.92. The number of unbranched alkanes of at least 4 members (excludes halogenated alkanes) is 2. The van der Waals surface area contributed by atoms with Crippen LogP contribution in [0.1, 0.15) is 38.2 Å². The van der Waals surface area contributed by atoms with Gasteiger partial charge in [0.05, 0.1) is 27.2 Å². The van der Waals surface area contributed by atoms with E-state index >= 15 is 0 Å². The van der Waals surface area contributed by atoms with Crippen LogP contribution in [0.5, 0.6) is 11.5 Å². The highest BCUT2D eigenvalue weighted by Crippen LogP contribution is 2.28. The van der Waals surface area contributed by atoms with Gasteiger partial charge in [-0.3, -0.25) is 9.59 Å². The van der Waals surface area contributed by atoms with Crippen LogP contribution < -0.4 is 14.8 Å². The molecule has 25 heavy (non-hydrogen) atoms. The van der Waals surface area contributed by atoms with E-state index in [9.17, 15) is 9.59 Å². The zero-order chi connectivity index (χ0) is 18.5. The number of benzene rings is 1. The molecule has 1 rings (SSSR count). The molecule has 0 aliphatic rings. The van der Waals surface area contributed by atoms with E-state index in [2.05, 4.69) is 17.0 Å². The maximum Gasteiger partial charge on any atom is 0.307 e. The lowest BCUT2D eigenvalue weighted by Crippen LogP contribution is -2.24. The molecule has 0 aliphatic carbocycles. The van der Waals surface area contributed by atoms with Gasteiger partial charge in [-0.15, -0.1) is 0 Å². The van der Waals surface area contributed by atoms with Crippen molar-refractivity contribution < 1.29 is 23.8 Å². The lowest BCUT2D eigenvalue weighted by molar-refractivity contribution is -0.140. The molecule has 0 unspecified atom stereocenters. The third-order valence-corrected chi connectivity index (χ3v) is 3.48. The highest BCUT2D eigenvalue weighted by Gasteiger charge is 2.05. The molecule has 0 spiro atoms. The molecule has 0 saturated carbocycles. The van der Waals surface area contributed by atoms with Gasteiger partial charge in [0.25, 0.3) is 0 Å². The van der Waals surface area contributed by atoms with Crippen molar-refractivity contribution in [2.75, 3.05) is 27.4 Å². The average molecular weight is 349 g/mol. The third kappa shape index (κ3) is 8.24. The summed E-state index contributed by atoms with van der Waals surface area (Å²) in [6, 6.07) is 5.50. The maximum absolute atomic E-state index is 11.7. The topological polar surface area (TPSA) is 73.9 Å². The highest BCUT2D eigenvalue weighted by atomic mass is 16.5. The molecule has 0 heterocycles. The summed E-state index contributed by atoms with van der Waals surface area (Å²) in [6.07, 6.45) is 6.52. The van der Waals surface area contributed by atoms with Gasteiger partial charge in [0, 0.05) is 12.6 Å². The van der Waals surface area contributed by atoms with E-state index in [0.29, 0.717) is 18.1 Å². The number of amides is 1. The molecule has 0 radical (unpaired) electrons. The van der Waals surface area contributed by atoms with Gasteiger partial charge in [0.1, 0.15) is 0 Å². The van der Waals surface area contributed by atoms with Gasteiger partial charge in [-0.05, 0) is 30.2 Å². The molecule has 6 nitrogen and oxygen atoms in total. The standard InChI is InChI=1S/C19H27NO5/c1-4-5-6-13-25-16-9-7-15(14-17(16)23-2)8-10-18(21)20-12-11-19(22)24-3/h7-10,14H,4-6,11-13H2,1-3H3,(H,20,21)/b10-8+. The molecule has 0 fully saturated rings. The molecule has 0 saturated heterocycles. The van der Waals surface area contributed by atoms with Gasteiger partial charge in [-0.2, -0.15) is 0 Å². The van der Waals surface area contributed by atoms with Crippen molar-refractivity contribution in [2.24, 2.45) is 0 Å². The van der Waals surface area contributed by atoms with Crippen molar-refractivity contribution in [1.82, 2.24) is 5.32 Å². The molecule has 0 bridgehead atoms. The molecule has 1 aromatic rings.